The molecule has 1 saturated carbocycles. The molecule has 5 heteroatoms. The largest absolute Gasteiger partial charge is 0.497 e. The Labute approximate surface area is 172 Å². The maximum Gasteiger partial charge on any atom is 0.240 e. The third-order valence-electron chi connectivity index (χ3n) is 5.58. The standard InChI is InChI=1S/C24H30N2O3/c1-15(2)19-7-6-8-20(16(3)4)21(19)26-23(28)24(13-14-24)22(27)25-17-9-11-18(29-5)12-10-17/h6-12,15-16H,13-14H2,1-5H3,(H,25,27)(H,26,28). The van der Waals surface area contributed by atoms with E-state index >= 15 is 0 Å². The van der Waals surface area contributed by atoms with E-state index in [4.69, 9.17) is 4.74 Å². The fourth-order valence-corrected chi connectivity index (χ4v) is 3.54. The van der Waals surface area contributed by atoms with Gasteiger partial charge >= 0.3 is 0 Å². The van der Waals surface area contributed by atoms with Gasteiger partial charge in [0, 0.05) is 11.4 Å². The lowest BCUT2D eigenvalue weighted by atomic mass is 9.92. The molecule has 0 bridgehead atoms. The van der Waals surface area contributed by atoms with Crippen LogP contribution < -0.4 is 15.4 Å². The van der Waals surface area contributed by atoms with Gasteiger partial charge in [-0.2, -0.15) is 0 Å². The summed E-state index contributed by atoms with van der Waals surface area (Å²) in [6.45, 7) is 8.44. The third kappa shape index (κ3) is 4.29. The van der Waals surface area contributed by atoms with Crippen LogP contribution in [0, 0.1) is 5.41 Å². The van der Waals surface area contributed by atoms with Crippen LogP contribution in [0.15, 0.2) is 42.5 Å². The molecule has 2 aromatic carbocycles. The number of amides is 2. The Morgan fingerprint density at radius 2 is 1.38 bits per heavy atom. The predicted molar refractivity (Wildman–Crippen MR) is 117 cm³/mol. The highest BCUT2D eigenvalue weighted by Gasteiger charge is 2.56. The number of hydrogen-bond acceptors (Lipinski definition) is 3. The van der Waals surface area contributed by atoms with Crippen molar-refractivity contribution in [1.82, 2.24) is 0 Å². The monoisotopic (exact) mass is 394 g/mol. The Balaban J connectivity index is 1.80. The minimum absolute atomic E-state index is 0.224. The first-order chi connectivity index (χ1) is 13.8. The Morgan fingerprint density at radius 3 is 1.83 bits per heavy atom. The molecule has 0 radical (unpaired) electrons. The fraction of sp³-hybridized carbons (Fsp3) is 0.417. The van der Waals surface area contributed by atoms with Crippen LogP contribution in [0.25, 0.3) is 0 Å². The molecule has 0 spiro atoms. The average Bonchev–Trinajstić information content (AvgIpc) is 3.50. The number of methoxy groups -OCH3 is 1. The van der Waals surface area contributed by atoms with Crippen LogP contribution >= 0.6 is 0 Å². The SMILES string of the molecule is COc1ccc(NC(=O)C2(C(=O)Nc3c(C(C)C)cccc3C(C)C)CC2)cc1. The number of carbonyl (C=O) groups excluding carboxylic acids is 2. The molecule has 154 valence electrons. The molecule has 1 fully saturated rings. The Bertz CT molecular complexity index is 871. The summed E-state index contributed by atoms with van der Waals surface area (Å²) in [7, 11) is 1.59. The van der Waals surface area contributed by atoms with E-state index < -0.39 is 5.41 Å². The van der Waals surface area contributed by atoms with E-state index in [-0.39, 0.29) is 23.7 Å². The summed E-state index contributed by atoms with van der Waals surface area (Å²) in [5.74, 6) is 0.778. The van der Waals surface area contributed by atoms with Gasteiger partial charge in [-0.05, 0) is 60.1 Å². The lowest BCUT2D eigenvalue weighted by molar-refractivity contribution is -0.131. The lowest BCUT2D eigenvalue weighted by Gasteiger charge is -2.22. The molecular formula is C24H30N2O3. The maximum absolute atomic E-state index is 13.2. The van der Waals surface area contributed by atoms with Gasteiger partial charge in [0.05, 0.1) is 7.11 Å². The molecule has 0 unspecified atom stereocenters. The minimum atomic E-state index is -1.00. The normalized spacial score (nSPS) is 14.6. The highest BCUT2D eigenvalue weighted by molar-refractivity contribution is 6.17. The van der Waals surface area contributed by atoms with E-state index in [1.807, 2.05) is 18.2 Å². The van der Waals surface area contributed by atoms with Crippen molar-refractivity contribution in [2.45, 2.75) is 52.4 Å². The average molecular weight is 395 g/mol. The summed E-state index contributed by atoms with van der Waals surface area (Å²) in [5, 5.41) is 5.99. The first kappa shape index (κ1) is 20.9. The zero-order chi connectivity index (χ0) is 21.2. The summed E-state index contributed by atoms with van der Waals surface area (Å²) < 4.78 is 5.14. The molecule has 29 heavy (non-hydrogen) atoms. The van der Waals surface area contributed by atoms with E-state index in [1.165, 1.54) is 0 Å². The number of para-hydroxylation sites is 1. The van der Waals surface area contributed by atoms with Crippen LogP contribution in [-0.4, -0.2) is 18.9 Å². The van der Waals surface area contributed by atoms with Crippen molar-refractivity contribution in [3.63, 3.8) is 0 Å². The van der Waals surface area contributed by atoms with Gasteiger partial charge < -0.3 is 15.4 Å². The van der Waals surface area contributed by atoms with Gasteiger partial charge in [0.1, 0.15) is 11.2 Å². The molecule has 0 heterocycles. The Kier molecular flexibility index (Phi) is 5.96. The van der Waals surface area contributed by atoms with Gasteiger partial charge in [0.2, 0.25) is 11.8 Å². The number of ether oxygens (including phenoxy) is 1. The maximum atomic E-state index is 13.2. The van der Waals surface area contributed by atoms with E-state index in [0.29, 0.717) is 24.3 Å². The highest BCUT2D eigenvalue weighted by Crippen LogP contribution is 2.48. The van der Waals surface area contributed by atoms with Gasteiger partial charge in [-0.1, -0.05) is 45.9 Å². The summed E-state index contributed by atoms with van der Waals surface area (Å²) >= 11 is 0. The summed E-state index contributed by atoms with van der Waals surface area (Å²) in [6.07, 6.45) is 1.11. The van der Waals surface area contributed by atoms with Crippen LogP contribution in [0.3, 0.4) is 0 Å². The van der Waals surface area contributed by atoms with Crippen LogP contribution in [0.2, 0.25) is 0 Å². The first-order valence-corrected chi connectivity index (χ1v) is 10.2. The van der Waals surface area contributed by atoms with Crippen LogP contribution in [0.5, 0.6) is 5.75 Å². The third-order valence-corrected chi connectivity index (χ3v) is 5.58. The second kappa shape index (κ2) is 8.27. The molecule has 0 atom stereocenters. The van der Waals surface area contributed by atoms with E-state index in [0.717, 1.165) is 16.8 Å². The molecule has 1 aliphatic carbocycles. The zero-order valence-electron chi connectivity index (χ0n) is 17.8. The van der Waals surface area contributed by atoms with Gasteiger partial charge in [-0.15, -0.1) is 0 Å². The van der Waals surface area contributed by atoms with Gasteiger partial charge in [0.15, 0.2) is 0 Å². The predicted octanol–water partition coefficient (Wildman–Crippen LogP) is 5.30. The molecule has 1 aliphatic rings. The number of anilines is 2. The van der Waals surface area contributed by atoms with E-state index in [2.05, 4.69) is 38.3 Å². The minimum Gasteiger partial charge on any atom is -0.497 e. The quantitative estimate of drug-likeness (QED) is 0.626. The van der Waals surface area contributed by atoms with Crippen molar-refractivity contribution in [3.05, 3.63) is 53.6 Å². The second-order valence-corrected chi connectivity index (χ2v) is 8.34. The van der Waals surface area contributed by atoms with Crippen molar-refractivity contribution in [3.8, 4) is 5.75 Å². The topological polar surface area (TPSA) is 67.4 Å². The van der Waals surface area contributed by atoms with E-state index in [9.17, 15) is 9.59 Å². The molecule has 2 aromatic rings. The number of carbonyl (C=O) groups is 2. The van der Waals surface area contributed by atoms with E-state index in [1.54, 1.807) is 31.4 Å². The highest BCUT2D eigenvalue weighted by atomic mass is 16.5. The van der Waals surface area contributed by atoms with Gasteiger partial charge in [0.25, 0.3) is 0 Å². The van der Waals surface area contributed by atoms with Crippen LogP contribution in [0.1, 0.15) is 63.5 Å². The molecule has 0 aromatic heterocycles. The smallest absolute Gasteiger partial charge is 0.240 e. The van der Waals surface area contributed by atoms with Crippen molar-refractivity contribution in [2.24, 2.45) is 5.41 Å². The first-order valence-electron chi connectivity index (χ1n) is 10.2. The molecule has 0 saturated heterocycles. The van der Waals surface area contributed by atoms with Gasteiger partial charge in [-0.3, -0.25) is 9.59 Å². The second-order valence-electron chi connectivity index (χ2n) is 8.34. The molecular weight excluding hydrogens is 364 g/mol. The zero-order valence-corrected chi connectivity index (χ0v) is 17.8. The number of rotatable bonds is 7. The summed E-state index contributed by atoms with van der Waals surface area (Å²) in [5.41, 5.74) is 2.69. The summed E-state index contributed by atoms with van der Waals surface area (Å²) in [4.78, 5) is 26.1. The lowest BCUT2D eigenvalue weighted by Crippen LogP contribution is -2.36. The Morgan fingerprint density at radius 1 is 0.862 bits per heavy atom. The fourth-order valence-electron chi connectivity index (χ4n) is 3.54. The summed E-state index contributed by atoms with van der Waals surface area (Å²) in [6, 6.07) is 13.2. The number of nitrogens with one attached hydrogen (secondary N) is 2. The molecule has 5 nitrogen and oxygen atoms in total. The van der Waals surface area contributed by atoms with Crippen molar-refractivity contribution in [2.75, 3.05) is 17.7 Å². The van der Waals surface area contributed by atoms with Crippen molar-refractivity contribution >= 4 is 23.2 Å². The number of hydrogen-bond donors (Lipinski definition) is 2. The molecule has 3 rings (SSSR count). The van der Waals surface area contributed by atoms with Gasteiger partial charge in [-0.25, -0.2) is 0 Å². The molecule has 0 aliphatic heterocycles. The van der Waals surface area contributed by atoms with Crippen LogP contribution in [0.4, 0.5) is 11.4 Å². The molecule has 2 N–H and O–H groups in total. The van der Waals surface area contributed by atoms with Crippen molar-refractivity contribution in [1.29, 1.82) is 0 Å². The van der Waals surface area contributed by atoms with Crippen molar-refractivity contribution < 1.29 is 14.3 Å². The molecule has 2 amide bonds. The van der Waals surface area contributed by atoms with Crippen LogP contribution in [-0.2, 0) is 9.59 Å². The Hall–Kier alpha value is -2.82. The number of benzene rings is 2.